The minimum atomic E-state index is -0.619. The van der Waals surface area contributed by atoms with Crippen LogP contribution in [0.1, 0.15) is 28.8 Å². The van der Waals surface area contributed by atoms with Crippen molar-refractivity contribution in [3.63, 3.8) is 0 Å². The topological polar surface area (TPSA) is 123 Å². The van der Waals surface area contributed by atoms with Crippen molar-refractivity contribution < 1.29 is 9.18 Å². The molecule has 1 aliphatic heterocycles. The quantitative estimate of drug-likeness (QED) is 0.412. The Morgan fingerprint density at radius 3 is 2.65 bits per heavy atom. The van der Waals surface area contributed by atoms with Crippen molar-refractivity contribution in [1.82, 2.24) is 34.4 Å². The molecule has 0 aliphatic carbocycles. The molecule has 0 saturated carbocycles. The molecule has 4 heterocycles. The van der Waals surface area contributed by atoms with Gasteiger partial charge in [0.05, 0.1) is 35.5 Å². The van der Waals surface area contributed by atoms with E-state index in [0.29, 0.717) is 23.5 Å². The van der Waals surface area contributed by atoms with Crippen molar-refractivity contribution in [2.45, 2.75) is 26.4 Å². The number of nitrogens with zero attached hydrogens (tertiary/aromatic N) is 7. The van der Waals surface area contributed by atoms with Crippen molar-refractivity contribution >= 4 is 23.1 Å². The van der Waals surface area contributed by atoms with Gasteiger partial charge in [-0.15, -0.1) is 0 Å². The van der Waals surface area contributed by atoms with Gasteiger partial charge in [0.1, 0.15) is 17.2 Å². The summed E-state index contributed by atoms with van der Waals surface area (Å²) in [6, 6.07) is 7.72. The zero-order chi connectivity index (χ0) is 26.1. The lowest BCUT2D eigenvalue weighted by molar-refractivity contribution is 0.102. The van der Waals surface area contributed by atoms with Crippen molar-refractivity contribution in [2.75, 3.05) is 24.2 Å². The van der Waals surface area contributed by atoms with E-state index in [1.165, 1.54) is 42.3 Å². The molecule has 190 valence electrons. The van der Waals surface area contributed by atoms with Crippen molar-refractivity contribution in [1.29, 1.82) is 0 Å². The third kappa shape index (κ3) is 5.09. The van der Waals surface area contributed by atoms with Gasteiger partial charge in [-0.25, -0.2) is 14.1 Å². The highest BCUT2D eigenvalue weighted by molar-refractivity contribution is 6.03. The molecule has 11 nitrogen and oxygen atoms in total. The summed E-state index contributed by atoms with van der Waals surface area (Å²) in [5.41, 5.74) is 2.69. The maximum Gasteiger partial charge on any atom is 0.290 e. The van der Waals surface area contributed by atoms with Gasteiger partial charge in [0.25, 0.3) is 11.5 Å². The number of rotatable bonds is 6. The number of hydrogen-bond acceptors (Lipinski definition) is 8. The van der Waals surface area contributed by atoms with Crippen LogP contribution in [0.2, 0.25) is 0 Å². The van der Waals surface area contributed by atoms with Gasteiger partial charge in [0.2, 0.25) is 0 Å². The molecule has 0 atom stereocenters. The predicted molar refractivity (Wildman–Crippen MR) is 136 cm³/mol. The summed E-state index contributed by atoms with van der Waals surface area (Å²) in [6.07, 6.45) is 3.56. The third-order valence-electron chi connectivity index (χ3n) is 6.13. The van der Waals surface area contributed by atoms with Crippen molar-refractivity contribution in [2.24, 2.45) is 7.05 Å². The third-order valence-corrected chi connectivity index (χ3v) is 6.13. The molecule has 0 saturated heterocycles. The van der Waals surface area contributed by atoms with E-state index in [1.807, 2.05) is 24.7 Å². The van der Waals surface area contributed by atoms with Gasteiger partial charge in [-0.1, -0.05) is 6.92 Å². The summed E-state index contributed by atoms with van der Waals surface area (Å²) in [5, 5.41) is 14.5. The number of carbonyl (C=O) groups excluding carboxylic acids is 1. The van der Waals surface area contributed by atoms with Gasteiger partial charge in [0.15, 0.2) is 5.82 Å². The van der Waals surface area contributed by atoms with Gasteiger partial charge < -0.3 is 10.6 Å². The molecule has 0 radical (unpaired) electrons. The van der Waals surface area contributed by atoms with Gasteiger partial charge >= 0.3 is 0 Å². The molecule has 0 spiro atoms. The zero-order valence-electron chi connectivity index (χ0n) is 20.7. The number of aryl methyl sites for hydroxylation is 2. The molecular weight excluding hydrogens is 477 g/mol. The minimum absolute atomic E-state index is 0.0417. The number of hydrogen-bond donors (Lipinski definition) is 2. The fourth-order valence-corrected chi connectivity index (χ4v) is 4.06. The number of halogens is 1. The lowest BCUT2D eigenvalue weighted by atomic mass is 10.1. The van der Waals surface area contributed by atoms with Crippen LogP contribution < -0.4 is 16.2 Å². The first-order valence-corrected chi connectivity index (χ1v) is 11.8. The van der Waals surface area contributed by atoms with Crippen LogP contribution in [0.4, 0.5) is 21.6 Å². The fourth-order valence-electron chi connectivity index (χ4n) is 4.06. The van der Waals surface area contributed by atoms with E-state index < -0.39 is 11.7 Å². The highest BCUT2D eigenvalue weighted by Crippen LogP contribution is 2.26. The average Bonchev–Trinajstić information content (AvgIpc) is 3.29. The molecule has 1 amide bonds. The number of anilines is 3. The van der Waals surface area contributed by atoms with Crippen LogP contribution in [0.15, 0.2) is 47.5 Å². The van der Waals surface area contributed by atoms with E-state index >= 15 is 0 Å². The maximum atomic E-state index is 14.6. The summed E-state index contributed by atoms with van der Waals surface area (Å²) in [4.78, 5) is 35.8. The lowest BCUT2D eigenvalue weighted by Gasteiger charge is -2.22. The van der Waals surface area contributed by atoms with Crippen LogP contribution in [-0.2, 0) is 26.6 Å². The first-order valence-electron chi connectivity index (χ1n) is 11.8. The normalized spacial score (nSPS) is 13.3. The van der Waals surface area contributed by atoms with E-state index in [2.05, 4.69) is 35.7 Å². The van der Waals surface area contributed by atoms with Crippen LogP contribution in [-0.4, -0.2) is 53.9 Å². The first-order chi connectivity index (χ1) is 17.8. The van der Waals surface area contributed by atoms with Crippen LogP contribution in [0.5, 0.6) is 0 Å². The summed E-state index contributed by atoms with van der Waals surface area (Å²) in [5.74, 6) is -0.648. The van der Waals surface area contributed by atoms with Crippen LogP contribution in [0.25, 0.3) is 11.3 Å². The number of nitrogens with one attached hydrogen (secondary N) is 2. The Morgan fingerprint density at radius 1 is 1.05 bits per heavy atom. The summed E-state index contributed by atoms with van der Waals surface area (Å²) in [6.45, 7) is 4.37. The molecular formula is C25H26FN9O2. The number of carbonyl (C=O) groups is 1. The van der Waals surface area contributed by atoms with E-state index in [4.69, 9.17) is 0 Å². The van der Waals surface area contributed by atoms with Gasteiger partial charge in [-0.05, 0) is 37.7 Å². The number of fused-ring (bicyclic) bond motifs is 1. The van der Waals surface area contributed by atoms with Crippen molar-refractivity contribution in [3.8, 4) is 11.3 Å². The molecule has 0 unspecified atom stereocenters. The van der Waals surface area contributed by atoms with Crippen LogP contribution >= 0.6 is 0 Å². The Hall–Kier alpha value is -4.45. The van der Waals surface area contributed by atoms with E-state index in [1.54, 1.807) is 6.07 Å². The Bertz CT molecular complexity index is 1530. The lowest BCUT2D eigenvalue weighted by Crippen LogP contribution is -2.30. The number of benzene rings is 1. The smallest absolute Gasteiger partial charge is 0.290 e. The van der Waals surface area contributed by atoms with Gasteiger partial charge in [0, 0.05) is 38.0 Å². The molecule has 37 heavy (non-hydrogen) atoms. The second-order valence-corrected chi connectivity index (χ2v) is 8.87. The summed E-state index contributed by atoms with van der Waals surface area (Å²) >= 11 is 0. The van der Waals surface area contributed by atoms with Gasteiger partial charge in [-0.2, -0.15) is 10.2 Å². The number of amides is 1. The Kier molecular flexibility index (Phi) is 6.49. The molecule has 3 aromatic heterocycles. The molecule has 0 bridgehead atoms. The van der Waals surface area contributed by atoms with Crippen LogP contribution in [0, 0.1) is 5.82 Å². The molecule has 4 aromatic rings. The Morgan fingerprint density at radius 2 is 1.89 bits per heavy atom. The fraction of sp³-hybridized carbons (Fsp3) is 0.280. The van der Waals surface area contributed by atoms with Crippen LogP contribution in [0.3, 0.4) is 0 Å². The Balaban J connectivity index is 1.42. The number of aromatic nitrogens is 6. The van der Waals surface area contributed by atoms with E-state index in [9.17, 15) is 14.0 Å². The maximum absolute atomic E-state index is 14.6. The second kappa shape index (κ2) is 9.90. The minimum Gasteiger partial charge on any atom is -0.334 e. The first kappa shape index (κ1) is 24.3. The molecule has 1 aromatic carbocycles. The highest BCUT2D eigenvalue weighted by atomic mass is 19.1. The average molecular weight is 504 g/mol. The predicted octanol–water partition coefficient (Wildman–Crippen LogP) is 2.58. The van der Waals surface area contributed by atoms with Crippen molar-refractivity contribution in [3.05, 3.63) is 76.0 Å². The molecule has 12 heteroatoms. The largest absolute Gasteiger partial charge is 0.334 e. The molecule has 5 rings (SSSR count). The summed E-state index contributed by atoms with van der Waals surface area (Å²) in [7, 11) is 3.58. The van der Waals surface area contributed by atoms with E-state index in [-0.39, 0.29) is 22.6 Å². The SMILES string of the molecule is CCc1cnc(C(=O)Nc2cc(-c3cc(Nc4cc5n(n4)CCN(C)C5)c(=O)n(C)n3)ccc2F)cn1. The highest BCUT2D eigenvalue weighted by Gasteiger charge is 2.18. The molecule has 0 fully saturated rings. The summed E-state index contributed by atoms with van der Waals surface area (Å²) < 4.78 is 17.7. The monoisotopic (exact) mass is 503 g/mol. The molecule has 2 N–H and O–H groups in total. The zero-order valence-corrected chi connectivity index (χ0v) is 20.7. The number of likely N-dealkylation sites (N-methyl/N-ethyl adjacent to an activating group) is 1. The molecule has 1 aliphatic rings. The second-order valence-electron chi connectivity index (χ2n) is 8.87. The van der Waals surface area contributed by atoms with Gasteiger partial charge in [-0.3, -0.25) is 24.2 Å². The van der Waals surface area contributed by atoms with E-state index in [0.717, 1.165) is 31.0 Å². The standard InChI is InChI=1S/C25H26FN9O2/c1-4-16-12-28-22(13-27-16)24(36)30-20-9-15(5-6-18(20)26)19-11-21(25(37)34(3)31-19)29-23-10-17-14-33(2)7-8-35(17)32-23/h5-6,9-13H,4,7-8,14H2,1-3H3,(H,29,32)(H,30,36). The Labute approximate surface area is 212 Å².